The molecule has 1 aliphatic carbocycles. The fraction of sp³-hybridized carbons (Fsp3) is 0.429. The van der Waals surface area contributed by atoms with Crippen LogP contribution < -0.4 is 5.32 Å². The van der Waals surface area contributed by atoms with Gasteiger partial charge in [0.05, 0.1) is 5.69 Å². The molecule has 2 aliphatic rings. The molecule has 0 aromatic carbocycles. The van der Waals surface area contributed by atoms with E-state index in [1.54, 1.807) is 24.5 Å². The number of fused-ring (bicyclic) bond motifs is 1. The van der Waals surface area contributed by atoms with Gasteiger partial charge in [-0.25, -0.2) is 4.98 Å². The van der Waals surface area contributed by atoms with E-state index in [9.17, 15) is 9.59 Å². The van der Waals surface area contributed by atoms with E-state index in [1.807, 2.05) is 4.90 Å². The second-order valence-electron chi connectivity index (χ2n) is 7.24. The van der Waals surface area contributed by atoms with Crippen LogP contribution in [0.2, 0.25) is 0 Å². The van der Waals surface area contributed by atoms with Crippen molar-refractivity contribution in [2.24, 2.45) is 0 Å². The Kier molecular flexibility index (Phi) is 5.81. The quantitative estimate of drug-likeness (QED) is 0.801. The first-order valence-corrected chi connectivity index (χ1v) is 10.7. The number of hydrogen-bond acceptors (Lipinski definition) is 5. The smallest absolute Gasteiger partial charge is 0.284 e. The van der Waals surface area contributed by atoms with Gasteiger partial charge in [0, 0.05) is 55.3 Å². The van der Waals surface area contributed by atoms with Gasteiger partial charge in [0.2, 0.25) is 5.91 Å². The topological polar surface area (TPSA) is 75.2 Å². The van der Waals surface area contributed by atoms with Gasteiger partial charge in [-0.2, -0.15) is 0 Å². The summed E-state index contributed by atoms with van der Waals surface area (Å²) >= 11 is 1.44. The van der Waals surface area contributed by atoms with Gasteiger partial charge in [0.1, 0.15) is 0 Å². The molecule has 0 spiro atoms. The minimum absolute atomic E-state index is 0.193. The van der Waals surface area contributed by atoms with Gasteiger partial charge in [-0.05, 0) is 37.8 Å². The highest BCUT2D eigenvalue weighted by atomic mass is 32.1. The number of rotatable bonds is 4. The van der Waals surface area contributed by atoms with Crippen LogP contribution in [0, 0.1) is 0 Å². The number of allylic oxidation sites excluding steroid dienone is 1. The van der Waals surface area contributed by atoms with E-state index in [-0.39, 0.29) is 11.8 Å². The SMILES string of the molecule is O=C(Nc1ccncc1)c1nc2c(s1)CCN(C(=O)CC1=CCCCC1)CC2. The average Bonchev–Trinajstić information content (AvgIpc) is 3.02. The van der Waals surface area contributed by atoms with Crippen LogP contribution in [-0.4, -0.2) is 39.8 Å². The lowest BCUT2D eigenvalue weighted by Gasteiger charge is -2.22. The van der Waals surface area contributed by atoms with Gasteiger partial charge in [-0.15, -0.1) is 11.3 Å². The summed E-state index contributed by atoms with van der Waals surface area (Å²) in [5, 5.41) is 3.33. The van der Waals surface area contributed by atoms with Crippen LogP contribution in [0.15, 0.2) is 36.2 Å². The summed E-state index contributed by atoms with van der Waals surface area (Å²) < 4.78 is 0. The molecule has 0 unspecified atom stereocenters. The van der Waals surface area contributed by atoms with E-state index < -0.39 is 0 Å². The van der Waals surface area contributed by atoms with E-state index in [0.29, 0.717) is 36.6 Å². The molecule has 1 aliphatic heterocycles. The van der Waals surface area contributed by atoms with Crippen LogP contribution in [0.25, 0.3) is 0 Å². The number of carbonyl (C=O) groups excluding carboxylic acids is 2. The predicted octanol–water partition coefficient (Wildman–Crippen LogP) is 3.61. The molecule has 0 fully saturated rings. The molecule has 0 saturated carbocycles. The highest BCUT2D eigenvalue weighted by Crippen LogP contribution is 2.25. The zero-order valence-electron chi connectivity index (χ0n) is 15.8. The van der Waals surface area contributed by atoms with Crippen molar-refractivity contribution < 1.29 is 9.59 Å². The fourth-order valence-electron chi connectivity index (χ4n) is 3.70. The highest BCUT2D eigenvalue weighted by Gasteiger charge is 2.24. The molecule has 0 saturated heterocycles. The molecular weight excluding hydrogens is 372 g/mol. The Balaban J connectivity index is 1.36. The van der Waals surface area contributed by atoms with Crippen molar-refractivity contribution in [3.8, 4) is 0 Å². The normalized spacial score (nSPS) is 16.7. The first kappa shape index (κ1) is 18.8. The molecule has 1 N–H and O–H groups in total. The highest BCUT2D eigenvalue weighted by molar-refractivity contribution is 7.13. The third kappa shape index (κ3) is 4.47. The number of carbonyl (C=O) groups is 2. The van der Waals surface area contributed by atoms with Crippen LogP contribution in [0.3, 0.4) is 0 Å². The largest absolute Gasteiger partial charge is 0.342 e. The number of nitrogens with one attached hydrogen (secondary N) is 1. The lowest BCUT2D eigenvalue weighted by atomic mass is 9.97. The van der Waals surface area contributed by atoms with E-state index in [2.05, 4.69) is 21.4 Å². The molecule has 28 heavy (non-hydrogen) atoms. The summed E-state index contributed by atoms with van der Waals surface area (Å²) in [4.78, 5) is 36.7. The zero-order chi connectivity index (χ0) is 19.3. The molecule has 0 bridgehead atoms. The van der Waals surface area contributed by atoms with Gasteiger partial charge in [0.25, 0.3) is 5.91 Å². The number of hydrogen-bond donors (Lipinski definition) is 1. The number of amides is 2. The Morgan fingerprint density at radius 2 is 1.93 bits per heavy atom. The molecule has 7 heteroatoms. The Morgan fingerprint density at radius 1 is 1.11 bits per heavy atom. The molecule has 146 valence electrons. The molecule has 0 atom stereocenters. The molecule has 2 aromatic heterocycles. The maximum Gasteiger partial charge on any atom is 0.284 e. The molecule has 2 amide bonds. The second kappa shape index (κ2) is 8.65. The first-order valence-electron chi connectivity index (χ1n) is 9.84. The standard InChI is InChI=1S/C21H24N4O2S/c26-19(14-15-4-2-1-3-5-15)25-12-8-17-18(9-13-25)28-21(24-17)20(27)23-16-6-10-22-11-7-16/h4,6-7,10-11H,1-3,5,8-9,12-14H2,(H,22,23,27). The summed E-state index contributed by atoms with van der Waals surface area (Å²) in [6, 6.07) is 3.50. The molecule has 2 aromatic rings. The van der Waals surface area contributed by atoms with Crippen molar-refractivity contribution in [1.82, 2.24) is 14.9 Å². The lowest BCUT2D eigenvalue weighted by molar-refractivity contribution is -0.130. The van der Waals surface area contributed by atoms with Crippen LogP contribution in [0.5, 0.6) is 0 Å². The van der Waals surface area contributed by atoms with E-state index in [4.69, 9.17) is 0 Å². The maximum atomic E-state index is 12.7. The summed E-state index contributed by atoms with van der Waals surface area (Å²) in [5.74, 6) is 0.0281. The van der Waals surface area contributed by atoms with Crippen molar-refractivity contribution in [2.75, 3.05) is 18.4 Å². The maximum absolute atomic E-state index is 12.7. The summed E-state index contributed by atoms with van der Waals surface area (Å²) in [6.07, 6.45) is 12.2. The fourth-order valence-corrected chi connectivity index (χ4v) is 4.69. The van der Waals surface area contributed by atoms with Gasteiger partial charge in [0.15, 0.2) is 5.01 Å². The lowest BCUT2D eigenvalue weighted by Crippen LogP contribution is -2.33. The Labute approximate surface area is 168 Å². The third-order valence-electron chi connectivity index (χ3n) is 5.25. The number of aromatic nitrogens is 2. The van der Waals surface area contributed by atoms with Gasteiger partial charge in [-0.1, -0.05) is 11.6 Å². The van der Waals surface area contributed by atoms with E-state index in [0.717, 1.165) is 29.8 Å². The third-order valence-corrected chi connectivity index (χ3v) is 6.41. The van der Waals surface area contributed by atoms with Crippen LogP contribution in [0.1, 0.15) is 52.5 Å². The Hall–Kier alpha value is -2.54. The van der Waals surface area contributed by atoms with E-state index in [1.165, 1.54) is 29.8 Å². The summed E-state index contributed by atoms with van der Waals surface area (Å²) in [5.41, 5.74) is 2.96. The van der Waals surface area contributed by atoms with Crippen LogP contribution in [0.4, 0.5) is 5.69 Å². The number of nitrogens with zero attached hydrogens (tertiary/aromatic N) is 3. The Morgan fingerprint density at radius 3 is 2.71 bits per heavy atom. The van der Waals surface area contributed by atoms with Crippen molar-refractivity contribution in [1.29, 1.82) is 0 Å². The minimum Gasteiger partial charge on any atom is -0.342 e. The zero-order valence-corrected chi connectivity index (χ0v) is 16.6. The van der Waals surface area contributed by atoms with Gasteiger partial charge < -0.3 is 10.2 Å². The van der Waals surface area contributed by atoms with Crippen LogP contribution >= 0.6 is 11.3 Å². The van der Waals surface area contributed by atoms with Crippen LogP contribution in [-0.2, 0) is 17.6 Å². The summed E-state index contributed by atoms with van der Waals surface area (Å²) in [7, 11) is 0. The minimum atomic E-state index is -0.193. The van der Waals surface area contributed by atoms with Crippen molar-refractivity contribution in [2.45, 2.75) is 44.9 Å². The van der Waals surface area contributed by atoms with Crippen molar-refractivity contribution in [3.05, 3.63) is 51.8 Å². The van der Waals surface area contributed by atoms with Crippen molar-refractivity contribution in [3.63, 3.8) is 0 Å². The van der Waals surface area contributed by atoms with E-state index >= 15 is 0 Å². The molecular formula is C21H24N4O2S. The molecule has 4 rings (SSSR count). The second-order valence-corrected chi connectivity index (χ2v) is 8.33. The summed E-state index contributed by atoms with van der Waals surface area (Å²) in [6.45, 7) is 1.38. The first-order chi connectivity index (χ1) is 13.7. The van der Waals surface area contributed by atoms with Gasteiger partial charge in [-0.3, -0.25) is 14.6 Å². The number of thiazole rings is 1. The Bertz CT molecular complexity index is 866. The number of pyridine rings is 1. The predicted molar refractivity (Wildman–Crippen MR) is 109 cm³/mol. The molecule has 6 nitrogen and oxygen atoms in total. The average molecular weight is 397 g/mol. The monoisotopic (exact) mass is 396 g/mol. The molecule has 0 radical (unpaired) electrons. The molecule has 3 heterocycles. The van der Waals surface area contributed by atoms with Gasteiger partial charge >= 0.3 is 0 Å². The van der Waals surface area contributed by atoms with Crippen molar-refractivity contribution >= 4 is 28.8 Å². The number of anilines is 1.